The summed E-state index contributed by atoms with van der Waals surface area (Å²) >= 11 is 0. The minimum absolute atomic E-state index is 0.0581. The van der Waals surface area contributed by atoms with E-state index in [-0.39, 0.29) is 17.5 Å². The van der Waals surface area contributed by atoms with Gasteiger partial charge in [0.15, 0.2) is 5.78 Å². The number of halogens is 1. The molecule has 1 aliphatic heterocycles. The molecular weight excluding hydrogens is 333 g/mol. The standard InChI is InChI=1S/C20H18FN3O2/c21-17-8-6-14(7-9-17)18(25)15-10-12-24(13-11-15)20-22-19(26-23-20)16-4-2-1-3-5-16/h1-9,15H,10-13H2. The van der Waals surface area contributed by atoms with Gasteiger partial charge in [0.25, 0.3) is 11.8 Å². The van der Waals surface area contributed by atoms with Gasteiger partial charge in [-0.05, 0) is 54.4 Å². The third-order valence-corrected chi connectivity index (χ3v) is 4.71. The summed E-state index contributed by atoms with van der Waals surface area (Å²) in [7, 11) is 0. The molecule has 0 N–H and O–H groups in total. The number of carbonyl (C=O) groups is 1. The molecule has 0 aliphatic carbocycles. The molecule has 2 aromatic carbocycles. The SMILES string of the molecule is O=C(c1ccc(F)cc1)C1CCN(c2noc(-c3ccccc3)n2)CC1. The maximum absolute atomic E-state index is 13.0. The first kappa shape index (κ1) is 16.4. The van der Waals surface area contributed by atoms with Crippen LogP contribution in [0, 0.1) is 11.7 Å². The van der Waals surface area contributed by atoms with Crippen LogP contribution < -0.4 is 4.90 Å². The van der Waals surface area contributed by atoms with Crippen LogP contribution in [0.2, 0.25) is 0 Å². The van der Waals surface area contributed by atoms with Gasteiger partial charge >= 0.3 is 0 Å². The highest BCUT2D eigenvalue weighted by Gasteiger charge is 2.28. The molecule has 1 fully saturated rings. The molecule has 5 nitrogen and oxygen atoms in total. The van der Waals surface area contributed by atoms with Crippen molar-refractivity contribution < 1.29 is 13.7 Å². The molecule has 0 radical (unpaired) electrons. The lowest BCUT2D eigenvalue weighted by molar-refractivity contribution is 0.0900. The number of rotatable bonds is 4. The summed E-state index contributed by atoms with van der Waals surface area (Å²) in [5.74, 6) is 0.726. The highest BCUT2D eigenvalue weighted by atomic mass is 19.1. The number of piperidine rings is 1. The molecule has 1 aliphatic rings. The van der Waals surface area contributed by atoms with Gasteiger partial charge in [-0.3, -0.25) is 4.79 Å². The topological polar surface area (TPSA) is 59.2 Å². The fraction of sp³-hybridized carbons (Fsp3) is 0.250. The number of hydrogen-bond donors (Lipinski definition) is 0. The fourth-order valence-electron chi connectivity index (χ4n) is 3.23. The molecule has 6 heteroatoms. The minimum Gasteiger partial charge on any atom is -0.338 e. The largest absolute Gasteiger partial charge is 0.338 e. The first-order valence-corrected chi connectivity index (χ1v) is 8.64. The highest BCUT2D eigenvalue weighted by Crippen LogP contribution is 2.26. The van der Waals surface area contributed by atoms with E-state index in [4.69, 9.17) is 4.52 Å². The summed E-state index contributed by atoms with van der Waals surface area (Å²) in [6.45, 7) is 1.37. The van der Waals surface area contributed by atoms with Gasteiger partial charge in [0.05, 0.1) is 0 Å². The second kappa shape index (κ2) is 7.07. The zero-order valence-electron chi connectivity index (χ0n) is 14.1. The van der Waals surface area contributed by atoms with Crippen LogP contribution in [0.25, 0.3) is 11.5 Å². The van der Waals surface area contributed by atoms with Crippen molar-refractivity contribution in [2.45, 2.75) is 12.8 Å². The van der Waals surface area contributed by atoms with E-state index in [0.29, 0.717) is 43.3 Å². The van der Waals surface area contributed by atoms with E-state index >= 15 is 0 Å². The van der Waals surface area contributed by atoms with E-state index in [9.17, 15) is 9.18 Å². The Morgan fingerprint density at radius 1 is 1.04 bits per heavy atom. The summed E-state index contributed by atoms with van der Waals surface area (Å²) < 4.78 is 18.4. The Kier molecular flexibility index (Phi) is 4.48. The number of carbonyl (C=O) groups excluding carboxylic acids is 1. The van der Waals surface area contributed by atoms with E-state index < -0.39 is 0 Å². The van der Waals surface area contributed by atoms with Crippen molar-refractivity contribution in [1.82, 2.24) is 10.1 Å². The van der Waals surface area contributed by atoms with Crippen LogP contribution in [0.3, 0.4) is 0 Å². The average Bonchev–Trinajstić information content (AvgIpc) is 3.19. The minimum atomic E-state index is -0.331. The second-order valence-electron chi connectivity index (χ2n) is 6.40. The van der Waals surface area contributed by atoms with Crippen molar-refractivity contribution in [2.75, 3.05) is 18.0 Å². The summed E-state index contributed by atoms with van der Waals surface area (Å²) in [4.78, 5) is 19.0. The Balaban J connectivity index is 1.40. The molecule has 0 spiro atoms. The van der Waals surface area contributed by atoms with E-state index in [1.165, 1.54) is 12.1 Å². The van der Waals surface area contributed by atoms with Crippen LogP contribution in [0.15, 0.2) is 59.1 Å². The van der Waals surface area contributed by atoms with E-state index in [1.807, 2.05) is 35.2 Å². The lowest BCUT2D eigenvalue weighted by Crippen LogP contribution is -2.37. The molecular formula is C20H18FN3O2. The van der Waals surface area contributed by atoms with Gasteiger partial charge in [-0.15, -0.1) is 0 Å². The smallest absolute Gasteiger partial charge is 0.266 e. The number of Topliss-reactive ketones (excluding diaryl/α,β-unsaturated/α-hetero) is 1. The molecule has 0 atom stereocenters. The maximum atomic E-state index is 13.0. The molecule has 132 valence electrons. The third-order valence-electron chi connectivity index (χ3n) is 4.71. The number of nitrogens with zero attached hydrogens (tertiary/aromatic N) is 3. The first-order valence-electron chi connectivity index (χ1n) is 8.64. The summed E-state index contributed by atoms with van der Waals surface area (Å²) in [6.07, 6.45) is 1.43. The number of benzene rings is 2. The maximum Gasteiger partial charge on any atom is 0.266 e. The monoisotopic (exact) mass is 351 g/mol. The Bertz CT molecular complexity index is 885. The molecule has 0 saturated carbocycles. The molecule has 1 aromatic heterocycles. The van der Waals surface area contributed by atoms with Crippen LogP contribution in [-0.2, 0) is 0 Å². The first-order chi connectivity index (χ1) is 12.7. The molecule has 0 bridgehead atoms. The predicted octanol–water partition coefficient (Wildman–Crippen LogP) is 3.98. The zero-order chi connectivity index (χ0) is 17.9. The van der Waals surface area contributed by atoms with Gasteiger partial charge in [0.1, 0.15) is 5.82 Å². The van der Waals surface area contributed by atoms with Crippen LogP contribution in [0.1, 0.15) is 23.2 Å². The molecule has 3 aromatic rings. The Labute approximate surface area is 150 Å². The van der Waals surface area contributed by atoms with Gasteiger partial charge in [0.2, 0.25) is 0 Å². The van der Waals surface area contributed by atoms with Crippen LogP contribution in [0.4, 0.5) is 10.3 Å². The fourth-order valence-corrected chi connectivity index (χ4v) is 3.23. The number of hydrogen-bond acceptors (Lipinski definition) is 5. The van der Waals surface area contributed by atoms with Gasteiger partial charge < -0.3 is 9.42 Å². The number of ketones is 1. The van der Waals surface area contributed by atoms with Crippen molar-refractivity contribution in [1.29, 1.82) is 0 Å². The van der Waals surface area contributed by atoms with Gasteiger partial charge in [-0.25, -0.2) is 4.39 Å². The van der Waals surface area contributed by atoms with E-state index in [0.717, 1.165) is 5.56 Å². The summed E-state index contributed by atoms with van der Waals surface area (Å²) in [6, 6.07) is 15.4. The van der Waals surface area contributed by atoms with Crippen molar-refractivity contribution in [2.24, 2.45) is 5.92 Å². The zero-order valence-corrected chi connectivity index (χ0v) is 14.1. The third kappa shape index (κ3) is 3.35. The highest BCUT2D eigenvalue weighted by molar-refractivity contribution is 5.97. The van der Waals surface area contributed by atoms with E-state index in [2.05, 4.69) is 10.1 Å². The van der Waals surface area contributed by atoms with Crippen LogP contribution in [-0.4, -0.2) is 29.0 Å². The molecule has 26 heavy (non-hydrogen) atoms. The second-order valence-corrected chi connectivity index (χ2v) is 6.40. The van der Waals surface area contributed by atoms with E-state index in [1.54, 1.807) is 12.1 Å². The van der Waals surface area contributed by atoms with Gasteiger partial charge in [-0.1, -0.05) is 18.2 Å². The Morgan fingerprint density at radius 3 is 2.42 bits per heavy atom. The number of aromatic nitrogens is 2. The molecule has 0 amide bonds. The molecule has 4 rings (SSSR count). The number of anilines is 1. The average molecular weight is 351 g/mol. The van der Waals surface area contributed by atoms with Crippen molar-refractivity contribution in [3.05, 3.63) is 66.0 Å². The molecule has 2 heterocycles. The molecule has 1 saturated heterocycles. The van der Waals surface area contributed by atoms with Gasteiger partial charge in [-0.2, -0.15) is 4.98 Å². The Hall–Kier alpha value is -3.02. The quantitative estimate of drug-likeness (QED) is 0.666. The van der Waals surface area contributed by atoms with Crippen molar-refractivity contribution in [3.63, 3.8) is 0 Å². The van der Waals surface area contributed by atoms with Crippen molar-refractivity contribution in [3.8, 4) is 11.5 Å². The lowest BCUT2D eigenvalue weighted by atomic mass is 9.89. The van der Waals surface area contributed by atoms with Crippen molar-refractivity contribution >= 4 is 11.7 Å². The summed E-state index contributed by atoms with van der Waals surface area (Å²) in [5.41, 5.74) is 1.45. The van der Waals surface area contributed by atoms with Crippen LogP contribution in [0.5, 0.6) is 0 Å². The normalized spacial score (nSPS) is 15.2. The lowest BCUT2D eigenvalue weighted by Gasteiger charge is -2.30. The predicted molar refractivity (Wildman–Crippen MR) is 95.4 cm³/mol. The van der Waals surface area contributed by atoms with Gasteiger partial charge in [0, 0.05) is 30.1 Å². The van der Waals surface area contributed by atoms with Crippen LogP contribution >= 0.6 is 0 Å². The Morgan fingerprint density at radius 2 is 1.73 bits per heavy atom. The molecule has 0 unspecified atom stereocenters. The summed E-state index contributed by atoms with van der Waals surface area (Å²) in [5, 5.41) is 4.07.